The van der Waals surface area contributed by atoms with E-state index in [0.29, 0.717) is 16.8 Å². The number of rotatable bonds is 7. The van der Waals surface area contributed by atoms with Crippen LogP contribution in [0.25, 0.3) is 0 Å². The van der Waals surface area contributed by atoms with Gasteiger partial charge in [0.25, 0.3) is 0 Å². The van der Waals surface area contributed by atoms with Crippen LogP contribution in [0.1, 0.15) is 15.9 Å². The van der Waals surface area contributed by atoms with Gasteiger partial charge in [-0.1, -0.05) is 33.6 Å². The molecule has 0 aromatic heterocycles. The molecular formula is C17H17BrO5. The molecule has 0 bridgehead atoms. The summed E-state index contributed by atoms with van der Waals surface area (Å²) in [5.41, 5.74) is 1.19. The minimum absolute atomic E-state index is 0.0339. The fraction of sp³-hybridized carbons (Fsp3) is 0.235. The van der Waals surface area contributed by atoms with E-state index in [0.717, 1.165) is 11.3 Å². The number of hydrogen-bond donors (Lipinski definition) is 1. The van der Waals surface area contributed by atoms with Crippen molar-refractivity contribution in [1.82, 2.24) is 0 Å². The molecule has 2 rings (SSSR count). The summed E-state index contributed by atoms with van der Waals surface area (Å²) in [5, 5.41) is 9.28. The third kappa shape index (κ3) is 4.63. The molecule has 0 unspecified atom stereocenters. The Balaban J connectivity index is 2.02. The molecule has 0 saturated heterocycles. The minimum Gasteiger partial charge on any atom is -0.493 e. The third-order valence-electron chi connectivity index (χ3n) is 3.09. The van der Waals surface area contributed by atoms with Gasteiger partial charge in [-0.15, -0.1) is 0 Å². The van der Waals surface area contributed by atoms with Gasteiger partial charge in [-0.05, 0) is 31.2 Å². The fourth-order valence-corrected chi connectivity index (χ4v) is 2.40. The Morgan fingerprint density at radius 1 is 1.13 bits per heavy atom. The Labute approximate surface area is 142 Å². The van der Waals surface area contributed by atoms with Gasteiger partial charge < -0.3 is 19.3 Å². The van der Waals surface area contributed by atoms with Gasteiger partial charge in [0, 0.05) is 4.47 Å². The molecule has 0 spiro atoms. The number of hydrogen-bond acceptors (Lipinski definition) is 4. The SMILES string of the molecule is COc1cc(Br)cc(C(=O)O)c1OCCOc1ccc(C)cc1. The highest BCUT2D eigenvalue weighted by molar-refractivity contribution is 9.10. The molecule has 0 saturated carbocycles. The molecule has 2 aromatic rings. The second-order valence-electron chi connectivity index (χ2n) is 4.80. The van der Waals surface area contributed by atoms with Crippen molar-refractivity contribution in [3.05, 3.63) is 52.0 Å². The first-order chi connectivity index (χ1) is 11.0. The van der Waals surface area contributed by atoms with Crippen LogP contribution in [0.4, 0.5) is 0 Å². The molecule has 0 amide bonds. The highest BCUT2D eigenvalue weighted by Gasteiger charge is 2.18. The number of aryl methyl sites for hydroxylation is 1. The van der Waals surface area contributed by atoms with Crippen LogP contribution in [0.2, 0.25) is 0 Å². The summed E-state index contributed by atoms with van der Waals surface area (Å²) in [4.78, 5) is 11.3. The number of benzene rings is 2. The second-order valence-corrected chi connectivity index (χ2v) is 5.72. The first kappa shape index (κ1) is 17.1. The Bertz CT molecular complexity index is 682. The molecule has 0 fully saturated rings. The highest BCUT2D eigenvalue weighted by atomic mass is 79.9. The first-order valence-electron chi connectivity index (χ1n) is 6.94. The normalized spacial score (nSPS) is 10.2. The summed E-state index contributed by atoms with van der Waals surface area (Å²) in [6, 6.07) is 10.8. The zero-order valence-corrected chi connectivity index (χ0v) is 14.4. The molecule has 5 nitrogen and oxygen atoms in total. The van der Waals surface area contributed by atoms with E-state index in [9.17, 15) is 9.90 Å². The summed E-state index contributed by atoms with van der Waals surface area (Å²) >= 11 is 3.25. The number of methoxy groups -OCH3 is 1. The predicted molar refractivity (Wildman–Crippen MR) is 89.8 cm³/mol. The zero-order valence-electron chi connectivity index (χ0n) is 12.8. The lowest BCUT2D eigenvalue weighted by Gasteiger charge is -2.14. The molecular weight excluding hydrogens is 364 g/mol. The van der Waals surface area contributed by atoms with Crippen molar-refractivity contribution in [2.75, 3.05) is 20.3 Å². The van der Waals surface area contributed by atoms with E-state index < -0.39 is 5.97 Å². The van der Waals surface area contributed by atoms with Crippen molar-refractivity contribution < 1.29 is 24.1 Å². The topological polar surface area (TPSA) is 65.0 Å². The molecule has 23 heavy (non-hydrogen) atoms. The molecule has 0 aliphatic rings. The van der Waals surface area contributed by atoms with Crippen LogP contribution < -0.4 is 14.2 Å². The molecule has 6 heteroatoms. The van der Waals surface area contributed by atoms with Crippen LogP contribution in [0.5, 0.6) is 17.2 Å². The smallest absolute Gasteiger partial charge is 0.339 e. The number of aromatic carboxylic acids is 1. The van der Waals surface area contributed by atoms with Crippen LogP contribution in [0.3, 0.4) is 0 Å². The van der Waals surface area contributed by atoms with E-state index in [-0.39, 0.29) is 17.9 Å². The number of carboxylic acid groups (broad SMARTS) is 1. The Hall–Kier alpha value is -2.21. The van der Waals surface area contributed by atoms with Crippen LogP contribution >= 0.6 is 15.9 Å². The molecule has 0 heterocycles. The van der Waals surface area contributed by atoms with Gasteiger partial charge in [-0.25, -0.2) is 4.79 Å². The van der Waals surface area contributed by atoms with Crippen molar-refractivity contribution in [2.24, 2.45) is 0 Å². The minimum atomic E-state index is -1.08. The van der Waals surface area contributed by atoms with E-state index >= 15 is 0 Å². The molecule has 1 N–H and O–H groups in total. The van der Waals surface area contributed by atoms with Gasteiger partial charge in [0.05, 0.1) is 7.11 Å². The van der Waals surface area contributed by atoms with Crippen molar-refractivity contribution in [2.45, 2.75) is 6.92 Å². The van der Waals surface area contributed by atoms with E-state index in [2.05, 4.69) is 15.9 Å². The van der Waals surface area contributed by atoms with Crippen LogP contribution in [-0.4, -0.2) is 31.4 Å². The summed E-state index contributed by atoms with van der Waals surface area (Å²) in [6.45, 7) is 2.49. The quantitative estimate of drug-likeness (QED) is 0.737. The van der Waals surface area contributed by atoms with E-state index in [1.54, 1.807) is 6.07 Å². The molecule has 2 aromatic carbocycles. The number of ether oxygens (including phenoxy) is 3. The molecule has 0 aliphatic heterocycles. The first-order valence-corrected chi connectivity index (χ1v) is 7.73. The van der Waals surface area contributed by atoms with Gasteiger partial charge in [0.1, 0.15) is 24.5 Å². The van der Waals surface area contributed by atoms with E-state index in [1.807, 2.05) is 31.2 Å². The Morgan fingerprint density at radius 2 is 1.78 bits per heavy atom. The van der Waals surface area contributed by atoms with Crippen molar-refractivity contribution in [1.29, 1.82) is 0 Å². The van der Waals surface area contributed by atoms with Gasteiger partial charge in [0.2, 0.25) is 0 Å². The largest absolute Gasteiger partial charge is 0.493 e. The van der Waals surface area contributed by atoms with Crippen molar-refractivity contribution >= 4 is 21.9 Å². The average Bonchev–Trinajstić information content (AvgIpc) is 2.53. The lowest BCUT2D eigenvalue weighted by molar-refractivity contribution is 0.0690. The number of carboxylic acids is 1. The molecule has 0 aliphatic carbocycles. The fourth-order valence-electron chi connectivity index (χ4n) is 1.97. The molecule has 0 radical (unpaired) electrons. The Morgan fingerprint density at radius 3 is 2.39 bits per heavy atom. The maximum Gasteiger partial charge on any atom is 0.339 e. The maximum atomic E-state index is 11.3. The van der Waals surface area contributed by atoms with Crippen molar-refractivity contribution in [3.8, 4) is 17.2 Å². The monoisotopic (exact) mass is 380 g/mol. The number of halogens is 1. The maximum absolute atomic E-state index is 11.3. The van der Waals surface area contributed by atoms with Gasteiger partial charge in [-0.2, -0.15) is 0 Å². The molecule has 0 atom stereocenters. The van der Waals surface area contributed by atoms with Gasteiger partial charge in [0.15, 0.2) is 11.5 Å². The lowest BCUT2D eigenvalue weighted by atomic mass is 10.2. The standard InChI is InChI=1S/C17H17BrO5/c1-11-3-5-13(6-4-11)22-7-8-23-16-14(17(19)20)9-12(18)10-15(16)21-2/h3-6,9-10H,7-8H2,1-2H3,(H,19,20). The van der Waals surface area contributed by atoms with Crippen LogP contribution in [0.15, 0.2) is 40.9 Å². The van der Waals surface area contributed by atoms with Gasteiger partial charge in [-0.3, -0.25) is 0 Å². The highest BCUT2D eigenvalue weighted by Crippen LogP contribution is 2.34. The van der Waals surface area contributed by atoms with Gasteiger partial charge >= 0.3 is 5.97 Å². The van der Waals surface area contributed by atoms with E-state index in [4.69, 9.17) is 14.2 Å². The zero-order chi connectivity index (χ0) is 16.8. The average molecular weight is 381 g/mol. The van der Waals surface area contributed by atoms with Crippen molar-refractivity contribution in [3.63, 3.8) is 0 Å². The van der Waals surface area contributed by atoms with Crippen LogP contribution in [0, 0.1) is 6.92 Å². The summed E-state index contributed by atoms with van der Waals surface area (Å²) in [5.74, 6) is 0.197. The summed E-state index contributed by atoms with van der Waals surface area (Å²) < 4.78 is 16.9. The van der Waals surface area contributed by atoms with E-state index in [1.165, 1.54) is 13.2 Å². The lowest BCUT2D eigenvalue weighted by Crippen LogP contribution is -2.12. The van der Waals surface area contributed by atoms with Crippen LogP contribution in [-0.2, 0) is 0 Å². The third-order valence-corrected chi connectivity index (χ3v) is 3.55. The Kier molecular flexibility index (Phi) is 5.87. The summed E-state index contributed by atoms with van der Waals surface area (Å²) in [6.07, 6.45) is 0. The molecule has 122 valence electrons. The number of carbonyl (C=O) groups is 1. The second kappa shape index (κ2) is 7.87. The predicted octanol–water partition coefficient (Wildman–Crippen LogP) is 3.92. The summed E-state index contributed by atoms with van der Waals surface area (Å²) in [7, 11) is 1.46.